The molecule has 0 atom stereocenters. The number of halogens is 4. The number of hydrogen-bond donors (Lipinski definition) is 3. The predicted molar refractivity (Wildman–Crippen MR) is 432 cm³/mol. The topological polar surface area (TPSA) is 292 Å². The van der Waals surface area contributed by atoms with E-state index in [1.807, 2.05) is 0 Å². The molecule has 0 spiro atoms. The van der Waals surface area contributed by atoms with Crippen molar-refractivity contribution in [2.75, 3.05) is 46.8 Å². The van der Waals surface area contributed by atoms with Gasteiger partial charge in [0.2, 0.25) is 0 Å². The van der Waals surface area contributed by atoms with Gasteiger partial charge in [0.05, 0.1) is 63.8 Å². The Balaban J connectivity index is 0.000000129. The first-order valence-corrected chi connectivity index (χ1v) is 45.4. The number of carbonyl (C=O) groups is 6. The molecule has 20 nitrogen and oxygen atoms in total. The van der Waals surface area contributed by atoms with Gasteiger partial charge in [-0.3, -0.25) is 29.3 Å². The Hall–Kier alpha value is -7.06. The summed E-state index contributed by atoms with van der Waals surface area (Å²) >= 11 is -1.49. The number of aliphatic hydroxyl groups excluding tert-OH is 2. The molecular weight excluding hydrogens is 1620 g/mol. The Labute approximate surface area is 707 Å². The number of aliphatic carboxylic acids is 1. The van der Waals surface area contributed by atoms with Crippen LogP contribution < -0.4 is 10.5 Å². The van der Waals surface area contributed by atoms with Crippen LogP contribution in [0, 0.1) is 92.7 Å². The third-order valence-electron chi connectivity index (χ3n) is 26.0. The highest BCUT2D eigenvalue weighted by molar-refractivity contribution is 7.97. The zero-order chi connectivity index (χ0) is 84.2. The summed E-state index contributed by atoms with van der Waals surface area (Å²) in [5.41, 5.74) is -1.06. The van der Waals surface area contributed by atoms with Gasteiger partial charge in [0, 0.05) is 0 Å². The maximum absolute atomic E-state index is 13.1. The minimum atomic E-state index is -4.09. The fourth-order valence-electron chi connectivity index (χ4n) is 23.0. The van der Waals surface area contributed by atoms with E-state index in [0.29, 0.717) is 17.8 Å². The van der Waals surface area contributed by atoms with E-state index in [-0.39, 0.29) is 89.0 Å². The van der Waals surface area contributed by atoms with Gasteiger partial charge in [0.25, 0.3) is 0 Å². The van der Waals surface area contributed by atoms with Crippen LogP contribution in [0.1, 0.15) is 154 Å². The lowest BCUT2D eigenvalue weighted by Gasteiger charge is -2.55. The number of esters is 5. The molecule has 16 saturated carbocycles. The van der Waals surface area contributed by atoms with Crippen molar-refractivity contribution in [2.24, 2.45) is 92.7 Å². The molecule has 16 aliphatic rings. The SMILES string of the molecule is COC(=O)C(F)(F)SOO[O-].O=C(O)C12CC3CC(CC(C3)C1)C2.O=C(OCCO)C12CC3CC(CC(C3)C1)C2.O=C(OCCO)C12CC3CC(CC(C3)C1)C2.O=C(OCCOC(=O)C(F)(F)SOO[O-])C12CC3CC(CC(C3)C1)C2.c1ccc([S+](c2ccccc2)c2ccccc2)cc1.c1ccc([S+](c2ccccc2)c2ccccc2)cc1. The third-order valence-corrected chi connectivity index (χ3v) is 31.4. The van der Waals surface area contributed by atoms with Gasteiger partial charge in [-0.2, -0.15) is 26.2 Å². The highest BCUT2D eigenvalue weighted by Gasteiger charge is 2.59. The summed E-state index contributed by atoms with van der Waals surface area (Å²) in [7, 11) is 0.743. The van der Waals surface area contributed by atoms with E-state index in [1.165, 1.54) is 106 Å². The molecule has 16 bridgehead atoms. The summed E-state index contributed by atoms with van der Waals surface area (Å²) in [6, 6.07) is 64.3. The molecule has 16 aliphatic carbocycles. The number of benzene rings is 6. The Bertz CT molecular complexity index is 3710. The van der Waals surface area contributed by atoms with Gasteiger partial charge < -0.3 is 49.5 Å². The van der Waals surface area contributed by atoms with Crippen LogP contribution in [-0.2, 0) is 93.0 Å². The Morgan fingerprint density at radius 2 is 0.546 bits per heavy atom. The number of ether oxygens (including phenoxy) is 5. The van der Waals surface area contributed by atoms with Crippen molar-refractivity contribution >= 4 is 81.7 Å². The van der Waals surface area contributed by atoms with Crippen LogP contribution in [0.4, 0.5) is 17.6 Å². The minimum Gasteiger partial charge on any atom is -0.691 e. The molecule has 0 amide bonds. The molecule has 644 valence electrons. The monoisotopic (exact) mass is 1720 g/mol. The van der Waals surface area contributed by atoms with Crippen LogP contribution in [0.15, 0.2) is 211 Å². The molecule has 16 fully saturated rings. The summed E-state index contributed by atoms with van der Waals surface area (Å²) in [5, 5.41) is 42.6. The standard InChI is InChI=1S/2C18H15S.C15H20F2O7S.2C13H20O3.C11H16O2.C3H4F2O5S/c2*1-4-10-16(11-5-1)19(17-12-6-2-7-13-17)18-14-8-3-9-15-18;16-15(17,25-24-23-20)13(19)22-2-1-21-12(18)14-6-9-3-10(7-14)5-11(4-9)8-14;2*14-1-2-16-12(15)13-6-9-3-10(7-13)5-11(4-9)8-13;12-10(13)11-4-7-1-8(5-11)3-9(2-7)6-11;1-8-2(6)3(4,5)11-10-9-7/h2*1-15H;9-11,20H,1-8H2;2*9-11,14H,1-8H2;7-9H,1-6H2,(H,12,13);7H,1H3/q2*+1;;;;;/p-2. The molecule has 0 unspecified atom stereocenters. The average molecular weight is 1730 g/mol. The molecule has 119 heavy (non-hydrogen) atoms. The second kappa shape index (κ2) is 42.3. The van der Waals surface area contributed by atoms with Gasteiger partial charge in [-0.15, -0.1) is 0 Å². The van der Waals surface area contributed by atoms with Crippen molar-refractivity contribution in [3.05, 3.63) is 182 Å². The molecule has 0 heterocycles. The van der Waals surface area contributed by atoms with Crippen molar-refractivity contribution in [1.29, 1.82) is 0 Å². The van der Waals surface area contributed by atoms with Crippen molar-refractivity contribution in [3.8, 4) is 0 Å². The highest BCUT2D eigenvalue weighted by atomic mass is 32.2. The minimum absolute atomic E-state index is 0.0146. The summed E-state index contributed by atoms with van der Waals surface area (Å²) < 4.78 is 80.8. The van der Waals surface area contributed by atoms with Crippen LogP contribution in [-0.4, -0.2) is 108 Å². The Kier molecular flexibility index (Phi) is 32.4. The van der Waals surface area contributed by atoms with Crippen LogP contribution in [0.3, 0.4) is 0 Å². The van der Waals surface area contributed by atoms with Gasteiger partial charge in [-0.25, -0.2) is 9.59 Å². The van der Waals surface area contributed by atoms with E-state index in [4.69, 9.17) is 29.7 Å². The predicted octanol–water partition coefficient (Wildman–Crippen LogP) is 16.7. The maximum atomic E-state index is 13.1. The lowest BCUT2D eigenvalue weighted by Crippen LogP contribution is -2.50. The van der Waals surface area contributed by atoms with E-state index in [0.717, 1.165) is 137 Å². The fourth-order valence-corrected chi connectivity index (χ4v) is 27.7. The fraction of sp³-hybridized carbons (Fsp3) is 0.538. The van der Waals surface area contributed by atoms with E-state index in [9.17, 15) is 56.7 Å². The van der Waals surface area contributed by atoms with Crippen molar-refractivity contribution < 1.29 is 115 Å². The molecular formula is C91H108F4O20S4. The smallest absolute Gasteiger partial charge is 0.415 e. The zero-order valence-corrected chi connectivity index (χ0v) is 70.2. The summed E-state index contributed by atoms with van der Waals surface area (Å²) in [5.74, 6) is 4.02. The molecule has 22 rings (SSSR count). The van der Waals surface area contributed by atoms with E-state index in [2.05, 4.69) is 210 Å². The van der Waals surface area contributed by atoms with Gasteiger partial charge in [0.15, 0.2) is 29.4 Å². The molecule has 0 saturated heterocycles. The summed E-state index contributed by atoms with van der Waals surface area (Å²) in [4.78, 5) is 77.4. The van der Waals surface area contributed by atoms with Crippen LogP contribution in [0.25, 0.3) is 0 Å². The second-order valence-electron chi connectivity index (χ2n) is 34.5. The summed E-state index contributed by atoms with van der Waals surface area (Å²) in [6.45, 7) is -0.561. The lowest BCUT2D eigenvalue weighted by atomic mass is 9.49. The van der Waals surface area contributed by atoms with Gasteiger partial charge in [0.1, 0.15) is 50.5 Å². The average Bonchev–Trinajstić information content (AvgIpc) is 0.753. The lowest BCUT2D eigenvalue weighted by molar-refractivity contribution is -0.777. The number of methoxy groups -OCH3 is 1. The molecule has 0 aliphatic heterocycles. The quantitative estimate of drug-likeness (QED) is 0.00701. The van der Waals surface area contributed by atoms with Crippen LogP contribution in [0.2, 0.25) is 0 Å². The molecule has 28 heteroatoms. The molecule has 0 radical (unpaired) electrons. The van der Waals surface area contributed by atoms with Crippen molar-refractivity contribution in [2.45, 2.75) is 194 Å². The van der Waals surface area contributed by atoms with Crippen LogP contribution >= 0.6 is 24.1 Å². The summed E-state index contributed by atoms with van der Waals surface area (Å²) in [6.07, 6.45) is 27.3. The van der Waals surface area contributed by atoms with Gasteiger partial charge >= 0.3 is 46.3 Å². The second-order valence-corrected chi connectivity index (χ2v) is 40.2. The number of aliphatic hydroxyl groups is 2. The highest BCUT2D eigenvalue weighted by Crippen LogP contribution is 2.64. The Morgan fingerprint density at radius 1 is 0.345 bits per heavy atom. The molecule has 6 aromatic carbocycles. The molecule has 3 N–H and O–H groups in total. The third kappa shape index (κ3) is 23.7. The number of carboxylic acid groups (broad SMARTS) is 1. The van der Waals surface area contributed by atoms with E-state index in [1.54, 1.807) is 0 Å². The first kappa shape index (κ1) is 91.2. The van der Waals surface area contributed by atoms with Gasteiger partial charge in [-0.1, -0.05) is 109 Å². The normalized spacial score (nSPS) is 29.2. The van der Waals surface area contributed by atoms with Gasteiger partial charge in [-0.05, 0) is 298 Å². The van der Waals surface area contributed by atoms with Crippen molar-refractivity contribution in [3.63, 3.8) is 0 Å². The van der Waals surface area contributed by atoms with E-state index < -0.39 is 64.5 Å². The van der Waals surface area contributed by atoms with Crippen molar-refractivity contribution in [1.82, 2.24) is 0 Å². The molecule has 0 aromatic heterocycles. The first-order valence-electron chi connectivity index (χ1n) is 41.5. The number of carbonyl (C=O) groups excluding carboxylic acids is 5. The number of alkyl halides is 4. The Morgan fingerprint density at radius 3 is 0.748 bits per heavy atom. The zero-order valence-electron chi connectivity index (χ0n) is 66.9. The number of carboxylic acids is 1. The van der Waals surface area contributed by atoms with Crippen LogP contribution in [0.5, 0.6) is 0 Å². The largest absolute Gasteiger partial charge is 0.691 e. The molecule has 6 aromatic rings. The number of rotatable bonds is 25. The first-order chi connectivity index (χ1) is 57.4. The number of hydrogen-bond acceptors (Lipinski definition) is 21. The maximum Gasteiger partial charge on any atom is 0.415 e. The van der Waals surface area contributed by atoms with E-state index >= 15 is 0 Å².